The Morgan fingerprint density at radius 1 is 1.57 bits per heavy atom. The van der Waals surface area contributed by atoms with E-state index in [2.05, 4.69) is 10.6 Å². The summed E-state index contributed by atoms with van der Waals surface area (Å²) in [6.07, 6.45) is 0.271. The molecule has 0 spiro atoms. The van der Waals surface area contributed by atoms with Crippen LogP contribution in [0.3, 0.4) is 0 Å². The molecule has 5 nitrogen and oxygen atoms in total. The number of rotatable bonds is 5. The van der Waals surface area contributed by atoms with Crippen LogP contribution >= 0.6 is 12.4 Å². The van der Waals surface area contributed by atoms with Gasteiger partial charge in [0.2, 0.25) is 0 Å². The van der Waals surface area contributed by atoms with Gasteiger partial charge in [0.05, 0.1) is 18.9 Å². The highest BCUT2D eigenvalue weighted by molar-refractivity contribution is 5.95. The van der Waals surface area contributed by atoms with E-state index >= 15 is 0 Å². The Balaban J connectivity index is 0.00000220. The van der Waals surface area contributed by atoms with Crippen molar-refractivity contribution in [3.8, 4) is 5.75 Å². The second-order valence-electron chi connectivity index (χ2n) is 4.54. The molecule has 1 heterocycles. The molecular formula is C14H20ClFN2O3. The minimum Gasteiger partial charge on any atom is -0.491 e. The highest BCUT2D eigenvalue weighted by atomic mass is 35.5. The summed E-state index contributed by atoms with van der Waals surface area (Å²) in [5.74, 6) is -0.321. The van der Waals surface area contributed by atoms with Crippen LogP contribution in [0.15, 0.2) is 18.2 Å². The molecule has 1 aromatic rings. The molecule has 0 aliphatic carbocycles. The van der Waals surface area contributed by atoms with Gasteiger partial charge in [-0.05, 0) is 18.6 Å². The number of nitrogens with one attached hydrogen (secondary N) is 2. The quantitative estimate of drug-likeness (QED) is 0.871. The van der Waals surface area contributed by atoms with E-state index in [-0.39, 0.29) is 18.3 Å². The minimum absolute atomic E-state index is 0. The van der Waals surface area contributed by atoms with Crippen LogP contribution in [0.2, 0.25) is 0 Å². The third kappa shape index (κ3) is 5.15. The first-order chi connectivity index (χ1) is 9.70. The second-order valence-corrected chi connectivity index (χ2v) is 4.54. The van der Waals surface area contributed by atoms with Crippen LogP contribution in [0.4, 0.5) is 10.1 Å². The number of amides is 1. The summed E-state index contributed by atoms with van der Waals surface area (Å²) < 4.78 is 24.1. The van der Waals surface area contributed by atoms with Crippen molar-refractivity contribution in [1.82, 2.24) is 5.32 Å². The number of carbonyl (C=O) groups excluding carboxylic acids is 1. The van der Waals surface area contributed by atoms with Gasteiger partial charge in [-0.25, -0.2) is 4.39 Å². The van der Waals surface area contributed by atoms with Crippen molar-refractivity contribution in [2.45, 2.75) is 19.4 Å². The van der Waals surface area contributed by atoms with Crippen LogP contribution in [0.5, 0.6) is 5.75 Å². The fourth-order valence-corrected chi connectivity index (χ4v) is 1.88. The molecule has 21 heavy (non-hydrogen) atoms. The monoisotopic (exact) mass is 318 g/mol. The van der Waals surface area contributed by atoms with E-state index in [1.165, 1.54) is 18.2 Å². The highest BCUT2D eigenvalue weighted by Crippen LogP contribution is 2.26. The van der Waals surface area contributed by atoms with Gasteiger partial charge >= 0.3 is 0 Å². The Morgan fingerprint density at radius 2 is 2.38 bits per heavy atom. The minimum atomic E-state index is -0.534. The molecule has 7 heteroatoms. The number of hydrogen-bond acceptors (Lipinski definition) is 4. The summed E-state index contributed by atoms with van der Waals surface area (Å²) in [5.41, 5.74) is 0.457. The zero-order chi connectivity index (χ0) is 14.4. The number of benzene rings is 1. The highest BCUT2D eigenvalue weighted by Gasteiger charge is 2.22. The molecule has 1 fully saturated rings. The van der Waals surface area contributed by atoms with Crippen molar-refractivity contribution >= 4 is 24.0 Å². The largest absolute Gasteiger partial charge is 0.491 e. The SMILES string of the molecule is CCCOc1cc(F)ccc1NC(=O)C1CNCCO1.Cl. The maximum Gasteiger partial charge on any atom is 0.254 e. The molecule has 1 aromatic carbocycles. The molecule has 1 atom stereocenters. The van der Waals surface area contributed by atoms with Gasteiger partial charge in [0.1, 0.15) is 17.7 Å². The Morgan fingerprint density at radius 3 is 3.05 bits per heavy atom. The molecule has 1 amide bonds. The van der Waals surface area contributed by atoms with E-state index < -0.39 is 11.9 Å². The Hall–Kier alpha value is -1.37. The number of hydrogen-bond donors (Lipinski definition) is 2. The average Bonchev–Trinajstić information content (AvgIpc) is 2.48. The zero-order valence-corrected chi connectivity index (χ0v) is 12.7. The molecule has 0 radical (unpaired) electrons. The predicted molar refractivity (Wildman–Crippen MR) is 80.7 cm³/mol. The smallest absolute Gasteiger partial charge is 0.254 e. The van der Waals surface area contributed by atoms with Gasteiger partial charge in [-0.2, -0.15) is 0 Å². The van der Waals surface area contributed by atoms with E-state index in [4.69, 9.17) is 9.47 Å². The van der Waals surface area contributed by atoms with E-state index in [1.54, 1.807) is 0 Å². The van der Waals surface area contributed by atoms with Gasteiger partial charge in [0.15, 0.2) is 0 Å². The summed E-state index contributed by atoms with van der Waals surface area (Å²) in [7, 11) is 0. The van der Waals surface area contributed by atoms with Crippen molar-refractivity contribution in [3.05, 3.63) is 24.0 Å². The van der Waals surface area contributed by atoms with Gasteiger partial charge in [-0.15, -0.1) is 12.4 Å². The second kappa shape index (κ2) is 8.81. The van der Waals surface area contributed by atoms with Crippen LogP contribution in [-0.4, -0.2) is 38.3 Å². The zero-order valence-electron chi connectivity index (χ0n) is 11.9. The van der Waals surface area contributed by atoms with Gasteiger partial charge < -0.3 is 20.1 Å². The first kappa shape index (κ1) is 17.7. The maximum atomic E-state index is 13.2. The fraction of sp³-hybridized carbons (Fsp3) is 0.500. The lowest BCUT2D eigenvalue weighted by Crippen LogP contribution is -2.45. The maximum absolute atomic E-state index is 13.2. The summed E-state index contributed by atoms with van der Waals surface area (Å²) >= 11 is 0. The normalized spacial score (nSPS) is 17.7. The number of morpholine rings is 1. The van der Waals surface area contributed by atoms with Crippen molar-refractivity contribution in [3.63, 3.8) is 0 Å². The Kier molecular flexibility index (Phi) is 7.42. The summed E-state index contributed by atoms with van der Waals surface area (Å²) in [5, 5.41) is 5.80. The molecule has 1 aliphatic rings. The Labute approximate surface area is 129 Å². The molecule has 0 aromatic heterocycles. The van der Waals surface area contributed by atoms with E-state index in [0.717, 1.165) is 13.0 Å². The van der Waals surface area contributed by atoms with E-state index in [1.807, 2.05) is 6.92 Å². The molecule has 0 saturated carbocycles. The van der Waals surface area contributed by atoms with Crippen LogP contribution < -0.4 is 15.4 Å². The van der Waals surface area contributed by atoms with E-state index in [9.17, 15) is 9.18 Å². The molecule has 118 valence electrons. The predicted octanol–water partition coefficient (Wildman–Crippen LogP) is 1.96. The molecule has 1 saturated heterocycles. The van der Waals surface area contributed by atoms with Crippen LogP contribution in [0, 0.1) is 5.82 Å². The third-order valence-corrected chi connectivity index (χ3v) is 2.88. The summed E-state index contributed by atoms with van der Waals surface area (Å²) in [4.78, 5) is 12.1. The lowest BCUT2D eigenvalue weighted by Gasteiger charge is -2.23. The first-order valence-electron chi connectivity index (χ1n) is 6.76. The number of halogens is 2. The van der Waals surface area contributed by atoms with Crippen LogP contribution in [0.1, 0.15) is 13.3 Å². The number of ether oxygens (including phenoxy) is 2. The van der Waals surface area contributed by atoms with E-state index in [0.29, 0.717) is 31.2 Å². The van der Waals surface area contributed by atoms with Crippen molar-refractivity contribution in [2.75, 3.05) is 31.6 Å². The van der Waals surface area contributed by atoms with Crippen molar-refractivity contribution in [1.29, 1.82) is 0 Å². The van der Waals surface area contributed by atoms with Crippen molar-refractivity contribution < 1.29 is 18.7 Å². The topological polar surface area (TPSA) is 59.6 Å². The molecular weight excluding hydrogens is 299 g/mol. The molecule has 1 unspecified atom stereocenters. The summed E-state index contributed by atoms with van der Waals surface area (Å²) in [6.45, 7) is 4.14. The van der Waals surface area contributed by atoms with Crippen molar-refractivity contribution in [2.24, 2.45) is 0 Å². The number of carbonyl (C=O) groups is 1. The molecule has 2 N–H and O–H groups in total. The third-order valence-electron chi connectivity index (χ3n) is 2.88. The summed E-state index contributed by atoms with van der Waals surface area (Å²) in [6, 6.07) is 4.05. The molecule has 1 aliphatic heterocycles. The number of anilines is 1. The van der Waals surface area contributed by atoms with Crippen LogP contribution in [0.25, 0.3) is 0 Å². The standard InChI is InChI=1S/C14H19FN2O3.ClH/c1-2-6-19-12-8-10(15)3-4-11(12)17-14(18)13-9-16-5-7-20-13;/h3-4,8,13,16H,2,5-7,9H2,1H3,(H,17,18);1H. The molecule has 0 bridgehead atoms. The Bertz CT molecular complexity index is 468. The fourth-order valence-electron chi connectivity index (χ4n) is 1.88. The van der Waals surface area contributed by atoms with Gasteiger partial charge in [-0.1, -0.05) is 6.92 Å². The first-order valence-corrected chi connectivity index (χ1v) is 6.76. The van der Waals surface area contributed by atoms with Gasteiger partial charge in [-0.3, -0.25) is 4.79 Å². The average molecular weight is 319 g/mol. The van der Waals surface area contributed by atoms with Crippen LogP contribution in [-0.2, 0) is 9.53 Å². The van der Waals surface area contributed by atoms with Gasteiger partial charge in [0.25, 0.3) is 5.91 Å². The molecule has 2 rings (SSSR count). The lowest BCUT2D eigenvalue weighted by molar-refractivity contribution is -0.128. The van der Waals surface area contributed by atoms with Gasteiger partial charge in [0, 0.05) is 19.2 Å². The lowest BCUT2D eigenvalue weighted by atomic mass is 10.2.